The highest BCUT2D eigenvalue weighted by Gasteiger charge is 2.40. The smallest absolute Gasteiger partial charge is 0.258 e. The van der Waals surface area contributed by atoms with Crippen LogP contribution in [-0.4, -0.2) is 80.7 Å². The van der Waals surface area contributed by atoms with E-state index in [1.807, 2.05) is 35.8 Å². The summed E-state index contributed by atoms with van der Waals surface area (Å²) >= 11 is 7.85. The minimum atomic E-state index is -0.726. The molecule has 5 heterocycles. The van der Waals surface area contributed by atoms with Crippen molar-refractivity contribution in [1.29, 1.82) is 0 Å². The summed E-state index contributed by atoms with van der Waals surface area (Å²) in [6, 6.07) is 17.9. The maximum Gasteiger partial charge on any atom is 0.258 e. The van der Waals surface area contributed by atoms with Crippen molar-refractivity contribution in [1.82, 2.24) is 35.6 Å². The fraction of sp³-hybridized carbons (Fsp3) is 0.286. The van der Waals surface area contributed by atoms with Gasteiger partial charge in [0.25, 0.3) is 11.8 Å². The molecule has 0 saturated carbocycles. The highest BCUT2D eigenvalue weighted by Crippen LogP contribution is 2.40. The highest BCUT2D eigenvalue weighted by molar-refractivity contribution is 7.15. The molecule has 0 aliphatic carbocycles. The van der Waals surface area contributed by atoms with Gasteiger partial charge in [-0.2, -0.15) is 10.2 Å². The number of benzene rings is 3. The number of aryl methyl sites for hydroxylation is 2. The second-order valence-electron chi connectivity index (χ2n) is 14.5. The molecule has 60 heavy (non-hydrogen) atoms. The zero-order chi connectivity index (χ0) is 42.1. The van der Waals surface area contributed by atoms with Crippen molar-refractivity contribution >= 4 is 69.6 Å². The largest absolute Gasteiger partial charge is 0.484 e. The third kappa shape index (κ3) is 8.18. The van der Waals surface area contributed by atoms with Gasteiger partial charge in [0.1, 0.15) is 28.7 Å². The van der Waals surface area contributed by atoms with Crippen LogP contribution in [0.2, 0.25) is 5.02 Å². The fourth-order valence-corrected chi connectivity index (χ4v) is 8.71. The quantitative estimate of drug-likeness (QED) is 0.0809. The molecule has 3 N–H and O–H groups in total. The molecule has 0 radical (unpaired) electrons. The molecule has 3 aliphatic heterocycles. The Morgan fingerprint density at radius 1 is 0.950 bits per heavy atom. The topological polar surface area (TPSA) is 202 Å². The molecular weight excluding hydrogens is 808 g/mol. The average molecular weight is 847 g/mol. The molecule has 16 nitrogen and oxygen atoms in total. The molecule has 18 heteroatoms. The van der Waals surface area contributed by atoms with E-state index in [9.17, 15) is 24.0 Å². The summed E-state index contributed by atoms with van der Waals surface area (Å²) in [4.78, 5) is 70.8. The third-order valence-corrected chi connectivity index (χ3v) is 12.0. The first-order chi connectivity index (χ1) is 28.9. The Morgan fingerprint density at radius 3 is 2.45 bits per heavy atom. The van der Waals surface area contributed by atoms with Crippen LogP contribution in [-0.2, 0) is 25.7 Å². The lowest BCUT2D eigenvalue weighted by Crippen LogP contribution is -2.52. The van der Waals surface area contributed by atoms with Crippen molar-refractivity contribution in [3.63, 3.8) is 0 Å². The summed E-state index contributed by atoms with van der Waals surface area (Å²) in [5.74, 6) is -0.0259. The first kappa shape index (κ1) is 40.2. The van der Waals surface area contributed by atoms with Crippen LogP contribution in [0, 0.1) is 20.8 Å². The first-order valence-corrected chi connectivity index (χ1v) is 20.5. The van der Waals surface area contributed by atoms with E-state index in [0.717, 1.165) is 32.3 Å². The van der Waals surface area contributed by atoms with Crippen molar-refractivity contribution in [2.24, 2.45) is 15.2 Å². The van der Waals surface area contributed by atoms with E-state index >= 15 is 0 Å². The van der Waals surface area contributed by atoms with Gasteiger partial charge in [0.15, 0.2) is 12.4 Å². The van der Waals surface area contributed by atoms with E-state index in [1.54, 1.807) is 53.8 Å². The van der Waals surface area contributed by atoms with Crippen LogP contribution in [0.4, 0.5) is 11.4 Å². The lowest BCUT2D eigenvalue weighted by atomic mass is 9.99. The van der Waals surface area contributed by atoms with Gasteiger partial charge in [-0.15, -0.1) is 21.5 Å². The van der Waals surface area contributed by atoms with Crippen molar-refractivity contribution in [3.05, 3.63) is 116 Å². The Balaban J connectivity index is 0.822. The van der Waals surface area contributed by atoms with E-state index in [4.69, 9.17) is 21.3 Å². The number of hydrogen-bond donors (Lipinski definition) is 3. The van der Waals surface area contributed by atoms with Crippen LogP contribution in [0.1, 0.15) is 74.4 Å². The number of fused-ring (bicyclic) bond motifs is 4. The highest BCUT2D eigenvalue weighted by atomic mass is 35.5. The number of carbonyl (C=O) groups excluding carboxylic acids is 5. The van der Waals surface area contributed by atoms with E-state index < -0.39 is 18.0 Å². The zero-order valence-electron chi connectivity index (χ0n) is 32.8. The Bertz CT molecular complexity index is 2600. The molecule has 2 unspecified atom stereocenters. The summed E-state index contributed by atoms with van der Waals surface area (Å²) in [5.41, 5.74) is 5.82. The number of thiophene rings is 1. The number of piperidine rings is 1. The van der Waals surface area contributed by atoms with E-state index in [-0.39, 0.29) is 69.1 Å². The van der Waals surface area contributed by atoms with Gasteiger partial charge in [0.2, 0.25) is 17.7 Å². The zero-order valence-corrected chi connectivity index (χ0v) is 34.4. The SMILES string of the molecule is Cc1sc2c(c1C)C(c1ccc(Cl)cc1)=NC(CC(=O)NCCNC(=O)COc1ccc(N=Nc3cccc4c3CN(C3CCC(=O)NC3=O)C4=O)cc1)c1nnc(C)n1-2. The fourth-order valence-electron chi connectivity index (χ4n) is 7.37. The number of azo groups is 1. The van der Waals surface area contributed by atoms with Crippen LogP contribution in [0.3, 0.4) is 0 Å². The summed E-state index contributed by atoms with van der Waals surface area (Å²) in [5, 5.41) is 27.0. The second kappa shape index (κ2) is 16.9. The summed E-state index contributed by atoms with van der Waals surface area (Å²) < 4.78 is 7.64. The van der Waals surface area contributed by atoms with Gasteiger partial charge in [0, 0.05) is 58.2 Å². The molecule has 2 aromatic heterocycles. The van der Waals surface area contributed by atoms with E-state index in [0.29, 0.717) is 44.9 Å². The van der Waals surface area contributed by atoms with Gasteiger partial charge < -0.3 is 20.3 Å². The maximum absolute atomic E-state index is 13.3. The van der Waals surface area contributed by atoms with Crippen molar-refractivity contribution in [2.75, 3.05) is 19.7 Å². The Labute approximate surface area is 353 Å². The molecule has 3 aromatic carbocycles. The number of hydrogen-bond acceptors (Lipinski definition) is 12. The average Bonchev–Trinajstić information content (AvgIpc) is 3.85. The standard InChI is InChI=1S/C42H39ClN10O6S/c1-22-23(2)60-42-37(22)38(25-7-9-26(43)10-8-25)46-32(39-51-48-24(3)53(39)42)19-35(55)44-17-18-45-36(56)21-59-28-13-11-27(12-14-28)49-50-31-6-4-5-29-30(31)20-52(41(29)58)33-15-16-34(54)47-40(33)57/h4-14,32-33H,15-21H2,1-3H3,(H,44,55)(H,45,56)(H,47,54,57). The van der Waals surface area contributed by atoms with Gasteiger partial charge in [0.05, 0.1) is 23.5 Å². The molecule has 0 bridgehead atoms. The van der Waals surface area contributed by atoms with Gasteiger partial charge >= 0.3 is 0 Å². The molecule has 1 saturated heterocycles. The molecule has 5 aromatic rings. The predicted molar refractivity (Wildman–Crippen MR) is 223 cm³/mol. The normalized spacial score (nSPS) is 17.1. The van der Waals surface area contributed by atoms with E-state index in [1.165, 1.54) is 4.90 Å². The lowest BCUT2D eigenvalue weighted by Gasteiger charge is -2.29. The summed E-state index contributed by atoms with van der Waals surface area (Å²) in [7, 11) is 0. The van der Waals surface area contributed by atoms with Crippen LogP contribution in [0.15, 0.2) is 82.0 Å². The maximum atomic E-state index is 13.3. The van der Waals surface area contributed by atoms with E-state index in [2.05, 4.69) is 50.2 Å². The molecule has 5 amide bonds. The van der Waals surface area contributed by atoms with Gasteiger partial charge in [-0.1, -0.05) is 29.8 Å². The number of aromatic nitrogens is 3. The second-order valence-corrected chi connectivity index (χ2v) is 16.1. The van der Waals surface area contributed by atoms with Crippen molar-refractivity contribution < 1.29 is 28.7 Å². The van der Waals surface area contributed by atoms with Gasteiger partial charge in [-0.05, 0) is 81.3 Å². The minimum absolute atomic E-state index is 0.0190. The molecule has 0 spiro atoms. The van der Waals surface area contributed by atoms with Crippen molar-refractivity contribution in [2.45, 2.75) is 58.7 Å². The molecule has 2 atom stereocenters. The number of nitrogens with one attached hydrogen (secondary N) is 3. The number of aliphatic imine (C=N–C) groups is 1. The number of nitrogens with zero attached hydrogens (tertiary/aromatic N) is 7. The Kier molecular flexibility index (Phi) is 11.4. The molecule has 8 rings (SSSR count). The molecule has 1 fully saturated rings. The van der Waals surface area contributed by atoms with Crippen LogP contribution in [0.5, 0.6) is 5.75 Å². The Morgan fingerprint density at radius 2 is 1.70 bits per heavy atom. The number of carbonyl (C=O) groups is 5. The number of imide groups is 1. The lowest BCUT2D eigenvalue weighted by molar-refractivity contribution is -0.137. The molecule has 3 aliphatic rings. The summed E-state index contributed by atoms with van der Waals surface area (Å²) in [6.45, 7) is 6.33. The molecule has 306 valence electrons. The third-order valence-electron chi connectivity index (χ3n) is 10.5. The number of amides is 5. The number of halogens is 1. The Hall–Kier alpha value is -6.59. The van der Waals surface area contributed by atoms with Crippen LogP contribution >= 0.6 is 22.9 Å². The van der Waals surface area contributed by atoms with Gasteiger partial charge in [-0.25, -0.2) is 0 Å². The number of ether oxygens (including phenoxy) is 1. The minimum Gasteiger partial charge on any atom is -0.484 e. The molecular formula is C42H39ClN10O6S. The van der Waals surface area contributed by atoms with Crippen LogP contribution < -0.4 is 20.7 Å². The first-order valence-electron chi connectivity index (χ1n) is 19.3. The van der Waals surface area contributed by atoms with Crippen molar-refractivity contribution in [3.8, 4) is 10.8 Å². The predicted octanol–water partition coefficient (Wildman–Crippen LogP) is 5.68. The van der Waals surface area contributed by atoms with Gasteiger partial charge in [-0.3, -0.25) is 38.8 Å². The number of rotatable bonds is 12. The van der Waals surface area contributed by atoms with Crippen LogP contribution in [0.25, 0.3) is 5.00 Å². The summed E-state index contributed by atoms with van der Waals surface area (Å²) in [6.07, 6.45) is 0.457. The monoisotopic (exact) mass is 846 g/mol.